The number of primary amides is 1. The Morgan fingerprint density at radius 3 is 2.71 bits per heavy atom. The number of fused-ring (bicyclic) bond motifs is 1. The van der Waals surface area contributed by atoms with Gasteiger partial charge in [-0.1, -0.05) is 0 Å². The van der Waals surface area contributed by atoms with Gasteiger partial charge >= 0.3 is 0 Å². The van der Waals surface area contributed by atoms with Crippen LogP contribution in [0.2, 0.25) is 0 Å². The van der Waals surface area contributed by atoms with Crippen molar-refractivity contribution < 1.29 is 13.9 Å². The number of rotatable bonds is 4. The number of carbonyl (C=O) groups excluding carboxylic acids is 1. The van der Waals surface area contributed by atoms with Gasteiger partial charge in [0.25, 0.3) is 5.91 Å². The maximum atomic E-state index is 12.1. The number of nitriles is 1. The molecule has 0 saturated carbocycles. The molecule has 1 aliphatic heterocycles. The van der Waals surface area contributed by atoms with Crippen molar-refractivity contribution in [2.45, 2.75) is 25.2 Å². The summed E-state index contributed by atoms with van der Waals surface area (Å²) in [5.74, 6) is 0.538. The normalized spacial score (nSPS) is 18.0. The van der Waals surface area contributed by atoms with E-state index in [1.165, 1.54) is 11.3 Å². The van der Waals surface area contributed by atoms with Crippen LogP contribution in [0.1, 0.15) is 39.6 Å². The first-order chi connectivity index (χ1) is 13.4. The molecule has 8 heteroatoms. The minimum absolute atomic E-state index is 0.210. The first-order valence-electron chi connectivity index (χ1n) is 9.01. The van der Waals surface area contributed by atoms with Crippen LogP contribution in [0.3, 0.4) is 0 Å². The summed E-state index contributed by atoms with van der Waals surface area (Å²) >= 11 is 1.52. The minimum atomic E-state index is -2.44. The number of hydrogen-bond donors (Lipinski definition) is 4. The first kappa shape index (κ1) is 19.0. The molecule has 146 valence electrons. The van der Waals surface area contributed by atoms with Crippen molar-refractivity contribution >= 4 is 38.7 Å². The van der Waals surface area contributed by atoms with Crippen LogP contribution in [0.25, 0.3) is 22.0 Å². The summed E-state index contributed by atoms with van der Waals surface area (Å²) in [5, 5.41) is 11.8. The fourth-order valence-corrected chi connectivity index (χ4v) is 6.23. The van der Waals surface area contributed by atoms with Gasteiger partial charge in [-0.05, 0) is 59.0 Å². The maximum absolute atomic E-state index is 12.1. The Balaban J connectivity index is 1.80. The average molecular weight is 416 g/mol. The quantitative estimate of drug-likeness (QED) is 0.493. The highest BCUT2D eigenvalue weighted by Gasteiger charge is 2.27. The molecule has 3 aromatic rings. The predicted molar refractivity (Wildman–Crippen MR) is 114 cm³/mol. The molecule has 1 aliphatic rings. The third-order valence-electron chi connectivity index (χ3n) is 5.35. The number of carbonyl (C=O) groups is 1. The molecule has 1 aromatic carbocycles. The summed E-state index contributed by atoms with van der Waals surface area (Å²) in [4.78, 5) is 16.3. The average Bonchev–Trinajstić information content (AvgIpc) is 3.28. The SMILES string of the molecule is N#CCc1cc(-c2cc(C(N)=O)c3[nH]cc(C4CCS(O)(O)CC4)c3c2)cs1. The Kier molecular flexibility index (Phi) is 4.93. The maximum Gasteiger partial charge on any atom is 0.250 e. The van der Waals surface area contributed by atoms with Gasteiger partial charge in [-0.25, -0.2) is 0 Å². The summed E-state index contributed by atoms with van der Waals surface area (Å²) < 4.78 is 19.8. The highest BCUT2D eigenvalue weighted by atomic mass is 32.3. The van der Waals surface area contributed by atoms with Crippen molar-refractivity contribution in [2.75, 3.05) is 11.5 Å². The van der Waals surface area contributed by atoms with Gasteiger partial charge in [-0.3, -0.25) is 13.9 Å². The van der Waals surface area contributed by atoms with Crippen LogP contribution in [0.4, 0.5) is 0 Å². The lowest BCUT2D eigenvalue weighted by Gasteiger charge is -2.39. The van der Waals surface area contributed by atoms with Crippen LogP contribution in [0, 0.1) is 11.3 Å². The Bertz CT molecular complexity index is 1080. The van der Waals surface area contributed by atoms with Crippen molar-refractivity contribution in [3.63, 3.8) is 0 Å². The minimum Gasteiger partial charge on any atom is -0.366 e. The van der Waals surface area contributed by atoms with Crippen molar-refractivity contribution in [1.29, 1.82) is 5.26 Å². The molecule has 2 aromatic heterocycles. The summed E-state index contributed by atoms with van der Waals surface area (Å²) in [6.45, 7) is 0. The lowest BCUT2D eigenvalue weighted by atomic mass is 9.91. The van der Waals surface area contributed by atoms with Crippen molar-refractivity contribution in [1.82, 2.24) is 4.98 Å². The molecule has 5 N–H and O–H groups in total. The summed E-state index contributed by atoms with van der Waals surface area (Å²) in [7, 11) is -2.44. The van der Waals surface area contributed by atoms with Gasteiger partial charge in [-0.2, -0.15) is 15.9 Å². The van der Waals surface area contributed by atoms with E-state index in [4.69, 9.17) is 11.0 Å². The van der Waals surface area contributed by atoms with Crippen molar-refractivity contribution in [3.8, 4) is 17.2 Å². The van der Waals surface area contributed by atoms with Gasteiger partial charge in [0, 0.05) is 28.0 Å². The molecular weight excluding hydrogens is 394 g/mol. The number of thiophene rings is 1. The number of nitrogens with two attached hydrogens (primary N) is 1. The standard InChI is InChI=1S/C20H21N3O3S2/c21-4-1-15-7-14(11-27-15)13-8-16-18(12-2-5-28(25,26)6-3-12)10-23-19(16)17(9-13)20(22)24/h7-12,23,25-26H,1-3,5-6H2,(H2,22,24). The zero-order valence-corrected chi connectivity index (χ0v) is 16.8. The molecule has 0 unspecified atom stereocenters. The fraction of sp³-hybridized carbons (Fsp3) is 0.300. The van der Waals surface area contributed by atoms with Crippen LogP contribution >= 0.6 is 21.9 Å². The molecule has 4 rings (SSSR count). The fourth-order valence-electron chi connectivity index (χ4n) is 3.87. The first-order valence-corrected chi connectivity index (χ1v) is 11.8. The van der Waals surface area contributed by atoms with E-state index in [0.29, 0.717) is 36.3 Å². The lowest BCUT2D eigenvalue weighted by molar-refractivity contribution is 0.100. The van der Waals surface area contributed by atoms with E-state index in [2.05, 4.69) is 17.1 Å². The third-order valence-corrected chi connectivity index (χ3v) is 8.07. The zero-order chi connectivity index (χ0) is 19.9. The molecule has 0 bridgehead atoms. The van der Waals surface area contributed by atoms with Gasteiger partial charge in [0.2, 0.25) is 0 Å². The molecule has 1 saturated heterocycles. The molecule has 3 heterocycles. The molecule has 28 heavy (non-hydrogen) atoms. The molecule has 0 atom stereocenters. The molecule has 0 aliphatic carbocycles. The Labute approximate surface area is 168 Å². The smallest absolute Gasteiger partial charge is 0.250 e. The van der Waals surface area contributed by atoms with E-state index < -0.39 is 16.5 Å². The van der Waals surface area contributed by atoms with Gasteiger partial charge in [-0.15, -0.1) is 11.3 Å². The number of hydrogen-bond acceptors (Lipinski definition) is 5. The van der Waals surface area contributed by atoms with E-state index in [0.717, 1.165) is 32.5 Å². The van der Waals surface area contributed by atoms with E-state index in [1.54, 1.807) is 6.07 Å². The molecule has 0 spiro atoms. The van der Waals surface area contributed by atoms with Crippen LogP contribution < -0.4 is 5.73 Å². The van der Waals surface area contributed by atoms with Gasteiger partial charge in [0.1, 0.15) is 0 Å². The topological polar surface area (TPSA) is 123 Å². The van der Waals surface area contributed by atoms with E-state index in [1.807, 2.05) is 17.6 Å². The number of nitrogens with zero attached hydrogens (tertiary/aromatic N) is 1. The monoisotopic (exact) mass is 415 g/mol. The Morgan fingerprint density at radius 2 is 2.04 bits per heavy atom. The van der Waals surface area contributed by atoms with Gasteiger partial charge in [0.05, 0.1) is 23.6 Å². The summed E-state index contributed by atoms with van der Waals surface area (Å²) in [6.07, 6.45) is 3.68. The largest absolute Gasteiger partial charge is 0.366 e. The number of benzene rings is 1. The van der Waals surface area contributed by atoms with Gasteiger partial charge < -0.3 is 10.7 Å². The van der Waals surface area contributed by atoms with E-state index in [9.17, 15) is 13.9 Å². The number of H-pyrrole nitrogens is 1. The highest BCUT2D eigenvalue weighted by Crippen LogP contribution is 2.49. The number of nitrogens with one attached hydrogen (secondary N) is 1. The Morgan fingerprint density at radius 1 is 1.29 bits per heavy atom. The molecule has 6 nitrogen and oxygen atoms in total. The van der Waals surface area contributed by atoms with Gasteiger partial charge in [0.15, 0.2) is 0 Å². The molecular formula is C20H21N3O3S2. The van der Waals surface area contributed by atoms with Crippen molar-refractivity contribution in [2.24, 2.45) is 5.73 Å². The lowest BCUT2D eigenvalue weighted by Crippen LogP contribution is -2.19. The molecule has 1 fully saturated rings. The van der Waals surface area contributed by atoms with Crippen LogP contribution in [0.15, 0.2) is 29.8 Å². The third kappa shape index (κ3) is 3.54. The number of aromatic nitrogens is 1. The predicted octanol–water partition coefficient (Wildman–Crippen LogP) is 4.69. The van der Waals surface area contributed by atoms with E-state index in [-0.39, 0.29) is 5.92 Å². The summed E-state index contributed by atoms with van der Waals surface area (Å²) in [5.41, 5.74) is 9.74. The zero-order valence-electron chi connectivity index (χ0n) is 15.1. The van der Waals surface area contributed by atoms with Crippen molar-refractivity contribution in [3.05, 3.63) is 45.8 Å². The Hall–Kier alpha value is -2.31. The second kappa shape index (κ2) is 7.26. The molecule has 0 radical (unpaired) electrons. The van der Waals surface area contributed by atoms with E-state index >= 15 is 0 Å². The highest BCUT2D eigenvalue weighted by molar-refractivity contribution is 8.24. The summed E-state index contributed by atoms with van der Waals surface area (Å²) in [6, 6.07) is 7.98. The number of amides is 1. The second-order valence-electron chi connectivity index (χ2n) is 7.18. The van der Waals surface area contributed by atoms with Crippen LogP contribution in [-0.2, 0) is 6.42 Å². The number of aromatic amines is 1. The van der Waals surface area contributed by atoms with Crippen LogP contribution in [0.5, 0.6) is 0 Å². The molecule has 1 amide bonds. The second-order valence-corrected chi connectivity index (χ2v) is 10.6. The van der Waals surface area contributed by atoms with Crippen LogP contribution in [-0.4, -0.2) is 31.5 Å².